The van der Waals surface area contributed by atoms with Crippen molar-refractivity contribution in [3.8, 4) is 5.75 Å². The summed E-state index contributed by atoms with van der Waals surface area (Å²) in [7, 11) is 0. The fourth-order valence-corrected chi connectivity index (χ4v) is 1.07. The molecule has 1 unspecified atom stereocenters. The van der Waals surface area contributed by atoms with Crippen LogP contribution in [0.5, 0.6) is 5.75 Å². The number of carboxylic acids is 1. The van der Waals surface area contributed by atoms with Gasteiger partial charge >= 0.3 is 5.97 Å². The summed E-state index contributed by atoms with van der Waals surface area (Å²) in [4.78, 5) is 10.5. The van der Waals surface area contributed by atoms with Gasteiger partial charge in [0.2, 0.25) is 0 Å². The van der Waals surface area contributed by atoms with Crippen LogP contribution in [0.15, 0.2) is 24.3 Å². The number of carbonyl (C=O) groups is 1. The molecule has 0 radical (unpaired) electrons. The van der Waals surface area contributed by atoms with Crippen LogP contribution in [-0.4, -0.2) is 27.3 Å². The maximum absolute atomic E-state index is 10.5. The summed E-state index contributed by atoms with van der Waals surface area (Å²) in [6.45, 7) is 0. The molecule has 14 heavy (non-hydrogen) atoms. The maximum atomic E-state index is 10.5. The highest BCUT2D eigenvalue weighted by Crippen LogP contribution is 2.25. The van der Waals surface area contributed by atoms with E-state index in [9.17, 15) is 15.0 Å². The molecule has 5 nitrogen and oxygen atoms in total. The lowest BCUT2D eigenvalue weighted by Crippen LogP contribution is -2.36. The lowest BCUT2D eigenvalue weighted by molar-refractivity contribution is -0.141. The zero-order valence-electron chi connectivity index (χ0n) is 7.29. The van der Waals surface area contributed by atoms with Crippen LogP contribution in [0.1, 0.15) is 11.7 Å². The van der Waals surface area contributed by atoms with Crippen LogP contribution in [0.2, 0.25) is 0 Å². The molecule has 0 fully saturated rings. The second-order valence-corrected chi connectivity index (χ2v) is 2.87. The quantitative estimate of drug-likeness (QED) is 0.539. The molecule has 1 rings (SSSR count). The average molecular weight is 197 g/mol. The Bertz CT molecular complexity index is 339. The van der Waals surface area contributed by atoms with Gasteiger partial charge in [-0.2, -0.15) is 0 Å². The number of aliphatic hydroxyl groups is 1. The predicted octanol–water partition coefficient (Wildman–Crippen LogP) is -0.163. The molecule has 1 aromatic rings. The minimum absolute atomic E-state index is 0.113. The number of aromatic hydroxyl groups is 1. The van der Waals surface area contributed by atoms with Crippen LogP contribution < -0.4 is 5.73 Å². The Morgan fingerprint density at radius 2 is 1.93 bits per heavy atom. The smallest absolute Gasteiger partial charge is 0.323 e. The molecule has 0 amide bonds. The van der Waals surface area contributed by atoms with Gasteiger partial charge in [-0.3, -0.25) is 4.79 Å². The highest BCUT2D eigenvalue weighted by Gasteiger charge is 2.25. The number of carboxylic acid groups (broad SMARTS) is 1. The molecule has 0 aromatic heterocycles. The number of hydrogen-bond donors (Lipinski definition) is 4. The van der Waals surface area contributed by atoms with E-state index in [0.717, 1.165) is 0 Å². The van der Waals surface area contributed by atoms with Crippen LogP contribution in [0.3, 0.4) is 0 Å². The van der Waals surface area contributed by atoms with E-state index < -0.39 is 18.1 Å². The van der Waals surface area contributed by atoms with Crippen molar-refractivity contribution in [2.75, 3.05) is 0 Å². The molecular formula is C9H11NO4. The third kappa shape index (κ3) is 2.01. The second-order valence-electron chi connectivity index (χ2n) is 2.87. The molecule has 0 aliphatic heterocycles. The van der Waals surface area contributed by atoms with Crippen LogP contribution in [0, 0.1) is 0 Å². The van der Waals surface area contributed by atoms with Gasteiger partial charge < -0.3 is 21.1 Å². The zero-order chi connectivity index (χ0) is 10.7. The van der Waals surface area contributed by atoms with E-state index in [4.69, 9.17) is 10.8 Å². The van der Waals surface area contributed by atoms with E-state index in [2.05, 4.69) is 0 Å². The minimum atomic E-state index is -1.44. The van der Waals surface area contributed by atoms with E-state index in [-0.39, 0.29) is 11.3 Å². The lowest BCUT2D eigenvalue weighted by atomic mass is 10.0. The van der Waals surface area contributed by atoms with E-state index >= 15 is 0 Å². The van der Waals surface area contributed by atoms with Gasteiger partial charge in [0.1, 0.15) is 17.9 Å². The average Bonchev–Trinajstić information content (AvgIpc) is 2.16. The molecule has 5 heteroatoms. The van der Waals surface area contributed by atoms with Crippen LogP contribution in [-0.2, 0) is 4.79 Å². The Hall–Kier alpha value is -1.59. The fourth-order valence-electron chi connectivity index (χ4n) is 1.07. The van der Waals surface area contributed by atoms with E-state index in [0.29, 0.717) is 0 Å². The van der Waals surface area contributed by atoms with Gasteiger partial charge in [-0.1, -0.05) is 18.2 Å². The Balaban J connectivity index is 2.94. The molecular weight excluding hydrogens is 186 g/mol. The van der Waals surface area contributed by atoms with Gasteiger partial charge in [-0.05, 0) is 6.07 Å². The number of rotatable bonds is 3. The van der Waals surface area contributed by atoms with Gasteiger partial charge in [0, 0.05) is 5.56 Å². The van der Waals surface area contributed by atoms with Crippen LogP contribution in [0.4, 0.5) is 0 Å². The maximum Gasteiger partial charge on any atom is 0.323 e. The Labute approximate surface area is 80.4 Å². The predicted molar refractivity (Wildman–Crippen MR) is 48.7 cm³/mol. The molecule has 0 saturated carbocycles. The first-order valence-corrected chi connectivity index (χ1v) is 3.98. The third-order valence-corrected chi connectivity index (χ3v) is 1.88. The van der Waals surface area contributed by atoms with E-state index in [1.54, 1.807) is 12.1 Å². The van der Waals surface area contributed by atoms with Crippen LogP contribution >= 0.6 is 0 Å². The lowest BCUT2D eigenvalue weighted by Gasteiger charge is -2.15. The van der Waals surface area contributed by atoms with Gasteiger partial charge in [-0.15, -0.1) is 0 Å². The van der Waals surface area contributed by atoms with E-state index in [1.165, 1.54) is 12.1 Å². The topological polar surface area (TPSA) is 104 Å². The number of hydrogen-bond acceptors (Lipinski definition) is 4. The molecule has 0 bridgehead atoms. The summed E-state index contributed by atoms with van der Waals surface area (Å²) in [6, 6.07) is 4.48. The standard InChI is InChI=1S/C9H11NO4/c10-7(9(13)14)8(12)5-3-1-2-4-6(5)11/h1-4,7-8,11-12H,10H2,(H,13,14)/t7-,8?/m0/s1. The number of para-hydroxylation sites is 1. The molecule has 0 spiro atoms. The van der Waals surface area contributed by atoms with Crippen molar-refractivity contribution < 1.29 is 20.1 Å². The molecule has 0 heterocycles. The Kier molecular flexibility index (Phi) is 3.06. The first kappa shape index (κ1) is 10.5. The van der Waals surface area contributed by atoms with Gasteiger partial charge in [0.05, 0.1) is 0 Å². The summed E-state index contributed by atoms with van der Waals surface area (Å²) < 4.78 is 0. The number of nitrogens with two attached hydrogens (primary N) is 1. The SMILES string of the molecule is N[C@H](C(=O)O)C(O)c1ccccc1O. The summed E-state index contributed by atoms with van der Waals surface area (Å²) in [5.41, 5.74) is 5.31. The van der Waals surface area contributed by atoms with Crippen molar-refractivity contribution in [1.82, 2.24) is 0 Å². The zero-order valence-corrected chi connectivity index (χ0v) is 7.29. The van der Waals surface area contributed by atoms with Crippen molar-refractivity contribution in [2.45, 2.75) is 12.1 Å². The summed E-state index contributed by atoms with van der Waals surface area (Å²) in [5.74, 6) is -1.49. The van der Waals surface area contributed by atoms with Gasteiger partial charge in [-0.25, -0.2) is 0 Å². The molecule has 1 aromatic carbocycles. The van der Waals surface area contributed by atoms with Gasteiger partial charge in [0.25, 0.3) is 0 Å². The third-order valence-electron chi connectivity index (χ3n) is 1.88. The Morgan fingerprint density at radius 1 is 1.36 bits per heavy atom. The summed E-state index contributed by atoms with van der Waals surface area (Å²) >= 11 is 0. The molecule has 0 aliphatic rings. The van der Waals surface area contributed by atoms with Crippen LogP contribution in [0.25, 0.3) is 0 Å². The first-order valence-electron chi connectivity index (χ1n) is 3.98. The number of phenols is 1. The molecule has 0 saturated heterocycles. The van der Waals surface area contributed by atoms with Crippen molar-refractivity contribution in [3.05, 3.63) is 29.8 Å². The largest absolute Gasteiger partial charge is 0.508 e. The normalized spacial score (nSPS) is 14.7. The number of phenolic OH excluding ortho intramolecular Hbond substituents is 1. The second kappa shape index (κ2) is 4.08. The van der Waals surface area contributed by atoms with Crippen molar-refractivity contribution in [3.63, 3.8) is 0 Å². The van der Waals surface area contributed by atoms with Crippen molar-refractivity contribution >= 4 is 5.97 Å². The minimum Gasteiger partial charge on any atom is -0.508 e. The van der Waals surface area contributed by atoms with Crippen molar-refractivity contribution in [2.24, 2.45) is 5.73 Å². The summed E-state index contributed by atoms with van der Waals surface area (Å²) in [6.07, 6.45) is -1.41. The molecule has 2 atom stereocenters. The van der Waals surface area contributed by atoms with Gasteiger partial charge in [0.15, 0.2) is 0 Å². The highest BCUT2D eigenvalue weighted by molar-refractivity contribution is 5.74. The number of aliphatic hydroxyl groups excluding tert-OH is 1. The molecule has 76 valence electrons. The highest BCUT2D eigenvalue weighted by atomic mass is 16.4. The molecule has 5 N–H and O–H groups in total. The summed E-state index contributed by atoms with van der Waals surface area (Å²) in [5, 5.41) is 27.3. The van der Waals surface area contributed by atoms with E-state index in [1.807, 2.05) is 0 Å². The Morgan fingerprint density at radius 3 is 2.43 bits per heavy atom. The number of benzene rings is 1. The molecule has 0 aliphatic carbocycles. The monoisotopic (exact) mass is 197 g/mol. The first-order chi connectivity index (χ1) is 6.54. The number of aliphatic carboxylic acids is 1. The van der Waals surface area contributed by atoms with Crippen molar-refractivity contribution in [1.29, 1.82) is 0 Å². The fraction of sp³-hybridized carbons (Fsp3) is 0.222.